The SMILES string of the molecule is O=C(c1ccc(F)cc1)c1sc2cc(O)ccc2c1Oc1ccc(N[C@H]2CCN(CCCF)C2)cc1. The first-order chi connectivity index (χ1) is 17.5. The van der Waals surface area contributed by atoms with Gasteiger partial charge in [0.1, 0.15) is 22.2 Å². The van der Waals surface area contributed by atoms with Crippen LogP contribution in [0.1, 0.15) is 28.1 Å². The van der Waals surface area contributed by atoms with Gasteiger partial charge < -0.3 is 20.1 Å². The van der Waals surface area contributed by atoms with Gasteiger partial charge in [-0.05, 0) is 79.6 Å². The minimum absolute atomic E-state index is 0.0988. The van der Waals surface area contributed by atoms with Crippen molar-refractivity contribution in [2.75, 3.05) is 31.6 Å². The van der Waals surface area contributed by atoms with Crippen LogP contribution in [0.25, 0.3) is 10.1 Å². The number of alkyl halides is 1. The fourth-order valence-electron chi connectivity index (χ4n) is 4.45. The van der Waals surface area contributed by atoms with Gasteiger partial charge in [-0.3, -0.25) is 9.18 Å². The molecule has 1 atom stereocenters. The molecule has 0 spiro atoms. The van der Waals surface area contributed by atoms with Gasteiger partial charge in [0.15, 0.2) is 5.75 Å². The predicted molar refractivity (Wildman–Crippen MR) is 139 cm³/mol. The number of benzene rings is 3. The molecule has 3 aromatic carbocycles. The van der Waals surface area contributed by atoms with Crippen molar-refractivity contribution in [2.45, 2.75) is 18.9 Å². The Morgan fingerprint density at radius 3 is 2.64 bits per heavy atom. The van der Waals surface area contributed by atoms with Crippen molar-refractivity contribution in [3.8, 4) is 17.2 Å². The first-order valence-corrected chi connectivity index (χ1v) is 12.7. The van der Waals surface area contributed by atoms with Crippen LogP contribution < -0.4 is 10.1 Å². The number of thiophene rings is 1. The number of phenolic OH excluding ortho intramolecular Hbond substituents is 1. The predicted octanol–water partition coefficient (Wildman–Crippen LogP) is 6.62. The highest BCUT2D eigenvalue weighted by Crippen LogP contribution is 2.42. The molecule has 1 aliphatic heterocycles. The third-order valence-corrected chi connectivity index (χ3v) is 7.40. The molecule has 1 fully saturated rings. The van der Waals surface area contributed by atoms with E-state index in [9.17, 15) is 18.7 Å². The second-order valence-electron chi connectivity index (χ2n) is 8.88. The number of hydrogen-bond acceptors (Lipinski definition) is 6. The Bertz CT molecular complexity index is 1360. The molecule has 1 aromatic heterocycles. The van der Waals surface area contributed by atoms with E-state index in [0.29, 0.717) is 44.5 Å². The van der Waals surface area contributed by atoms with Crippen LogP contribution in [-0.4, -0.2) is 48.1 Å². The number of phenols is 1. The van der Waals surface area contributed by atoms with E-state index in [0.717, 1.165) is 31.7 Å². The Hall–Kier alpha value is -3.49. The molecule has 0 unspecified atom stereocenters. The first kappa shape index (κ1) is 24.2. The molecule has 0 bridgehead atoms. The van der Waals surface area contributed by atoms with E-state index >= 15 is 0 Å². The summed E-state index contributed by atoms with van der Waals surface area (Å²) in [4.78, 5) is 15.9. The Morgan fingerprint density at radius 2 is 1.89 bits per heavy atom. The van der Waals surface area contributed by atoms with Crippen molar-refractivity contribution >= 4 is 32.9 Å². The van der Waals surface area contributed by atoms with Gasteiger partial charge in [-0.25, -0.2) is 4.39 Å². The summed E-state index contributed by atoms with van der Waals surface area (Å²) >= 11 is 1.23. The second kappa shape index (κ2) is 10.6. The summed E-state index contributed by atoms with van der Waals surface area (Å²) in [6.45, 7) is 2.35. The van der Waals surface area contributed by atoms with Crippen molar-refractivity contribution in [1.82, 2.24) is 4.90 Å². The number of rotatable bonds is 9. The highest BCUT2D eigenvalue weighted by atomic mass is 32.1. The Kier molecular flexibility index (Phi) is 7.16. The van der Waals surface area contributed by atoms with E-state index in [1.54, 1.807) is 18.2 Å². The lowest BCUT2D eigenvalue weighted by Crippen LogP contribution is -2.27. The second-order valence-corrected chi connectivity index (χ2v) is 9.93. The zero-order valence-corrected chi connectivity index (χ0v) is 20.4. The molecule has 186 valence electrons. The van der Waals surface area contributed by atoms with Crippen LogP contribution in [-0.2, 0) is 0 Å². The minimum atomic E-state index is -0.414. The summed E-state index contributed by atoms with van der Waals surface area (Å²) in [5, 5.41) is 14.2. The summed E-state index contributed by atoms with van der Waals surface area (Å²) < 4.78 is 32.8. The number of anilines is 1. The van der Waals surface area contributed by atoms with Crippen molar-refractivity contribution in [1.29, 1.82) is 0 Å². The van der Waals surface area contributed by atoms with E-state index in [1.165, 1.54) is 35.6 Å². The van der Waals surface area contributed by atoms with Crippen LogP contribution in [0.3, 0.4) is 0 Å². The van der Waals surface area contributed by atoms with Crippen LogP contribution in [0.4, 0.5) is 14.5 Å². The lowest BCUT2D eigenvalue weighted by atomic mass is 10.1. The lowest BCUT2D eigenvalue weighted by molar-refractivity contribution is 0.104. The van der Waals surface area contributed by atoms with Gasteiger partial charge in [0, 0.05) is 47.0 Å². The van der Waals surface area contributed by atoms with E-state index in [4.69, 9.17) is 4.74 Å². The third kappa shape index (κ3) is 5.34. The molecule has 8 heteroatoms. The lowest BCUT2D eigenvalue weighted by Gasteiger charge is -2.17. The van der Waals surface area contributed by atoms with Crippen molar-refractivity contribution in [2.24, 2.45) is 0 Å². The zero-order chi connectivity index (χ0) is 25.1. The molecule has 36 heavy (non-hydrogen) atoms. The van der Waals surface area contributed by atoms with Crippen LogP contribution in [0.5, 0.6) is 17.2 Å². The number of nitrogens with zero attached hydrogens (tertiary/aromatic N) is 1. The normalized spacial score (nSPS) is 15.9. The van der Waals surface area contributed by atoms with E-state index in [2.05, 4.69) is 10.2 Å². The zero-order valence-electron chi connectivity index (χ0n) is 19.5. The standard InChI is InChI=1S/C28H26F2N2O3S/c29-13-1-14-32-15-12-21(17-32)31-20-6-9-23(10-7-20)35-27-24-11-8-22(33)16-25(24)36-28(27)26(34)18-2-4-19(30)5-3-18/h2-11,16,21,31,33H,1,12-15,17H2/t21-/m0/s1. The fourth-order valence-corrected chi connectivity index (χ4v) is 5.58. The summed E-state index contributed by atoms with van der Waals surface area (Å²) in [5.74, 6) is 0.383. The first-order valence-electron chi connectivity index (χ1n) is 11.9. The third-order valence-electron chi connectivity index (χ3n) is 6.27. The van der Waals surface area contributed by atoms with E-state index in [1.807, 2.05) is 24.3 Å². The molecular formula is C28H26F2N2O3S. The molecule has 0 radical (unpaired) electrons. The molecule has 0 amide bonds. The number of ether oxygens (including phenoxy) is 1. The van der Waals surface area contributed by atoms with Gasteiger partial charge >= 0.3 is 0 Å². The molecule has 0 saturated carbocycles. The maximum atomic E-state index is 13.4. The van der Waals surface area contributed by atoms with Crippen molar-refractivity contribution < 1.29 is 23.4 Å². The molecule has 1 saturated heterocycles. The van der Waals surface area contributed by atoms with Gasteiger partial charge in [-0.15, -0.1) is 11.3 Å². The Labute approximate surface area is 211 Å². The molecule has 4 aromatic rings. The maximum Gasteiger partial charge on any atom is 0.206 e. The molecule has 2 heterocycles. The van der Waals surface area contributed by atoms with Gasteiger partial charge in [0.2, 0.25) is 5.78 Å². The number of nitrogens with one attached hydrogen (secondary N) is 1. The highest BCUT2D eigenvalue weighted by molar-refractivity contribution is 7.21. The molecule has 1 aliphatic rings. The average Bonchev–Trinajstić information content (AvgIpc) is 3.48. The summed E-state index contributed by atoms with van der Waals surface area (Å²) in [7, 11) is 0. The summed E-state index contributed by atoms with van der Waals surface area (Å²) in [6, 6.07) is 18.1. The molecule has 2 N–H and O–H groups in total. The van der Waals surface area contributed by atoms with Gasteiger partial charge in [-0.2, -0.15) is 0 Å². The number of likely N-dealkylation sites (tertiary alicyclic amines) is 1. The summed E-state index contributed by atoms with van der Waals surface area (Å²) in [6.07, 6.45) is 1.58. The van der Waals surface area contributed by atoms with Crippen LogP contribution in [0.15, 0.2) is 66.7 Å². The molecule has 5 rings (SSSR count). The number of carbonyl (C=O) groups is 1. The topological polar surface area (TPSA) is 61.8 Å². The quantitative estimate of drug-likeness (QED) is 0.249. The number of aromatic hydroxyl groups is 1. The largest absolute Gasteiger partial charge is 0.508 e. The van der Waals surface area contributed by atoms with Gasteiger partial charge in [0.25, 0.3) is 0 Å². The molecule has 5 nitrogen and oxygen atoms in total. The van der Waals surface area contributed by atoms with Crippen LogP contribution in [0, 0.1) is 5.82 Å². The minimum Gasteiger partial charge on any atom is -0.508 e. The van der Waals surface area contributed by atoms with E-state index < -0.39 is 5.82 Å². The number of halogens is 2. The highest BCUT2D eigenvalue weighted by Gasteiger charge is 2.23. The van der Waals surface area contributed by atoms with Crippen molar-refractivity contribution in [3.63, 3.8) is 0 Å². The summed E-state index contributed by atoms with van der Waals surface area (Å²) in [5.41, 5.74) is 1.32. The smallest absolute Gasteiger partial charge is 0.206 e. The monoisotopic (exact) mass is 508 g/mol. The number of hydrogen-bond donors (Lipinski definition) is 2. The Morgan fingerprint density at radius 1 is 1.11 bits per heavy atom. The number of ketones is 1. The number of fused-ring (bicyclic) bond motifs is 1. The average molecular weight is 509 g/mol. The molecule has 0 aliphatic carbocycles. The maximum absolute atomic E-state index is 13.4. The molecular weight excluding hydrogens is 482 g/mol. The van der Waals surface area contributed by atoms with Crippen molar-refractivity contribution in [3.05, 3.63) is 83.0 Å². The van der Waals surface area contributed by atoms with Gasteiger partial charge in [0.05, 0.1) is 6.67 Å². The van der Waals surface area contributed by atoms with Crippen LogP contribution in [0.2, 0.25) is 0 Å². The van der Waals surface area contributed by atoms with Gasteiger partial charge in [-0.1, -0.05) is 0 Å². The Balaban J connectivity index is 1.35. The van der Waals surface area contributed by atoms with E-state index in [-0.39, 0.29) is 18.2 Å². The van der Waals surface area contributed by atoms with Crippen LogP contribution >= 0.6 is 11.3 Å². The number of carbonyl (C=O) groups excluding carboxylic acids is 1. The fraction of sp³-hybridized carbons (Fsp3) is 0.250.